The lowest BCUT2D eigenvalue weighted by Crippen LogP contribution is -2.17. The van der Waals surface area contributed by atoms with Gasteiger partial charge in [0.05, 0.1) is 29.3 Å². The van der Waals surface area contributed by atoms with E-state index in [1.165, 1.54) is 6.92 Å². The van der Waals surface area contributed by atoms with Gasteiger partial charge < -0.3 is 4.74 Å². The number of ether oxygens (including phenoxy) is 1. The third-order valence-electron chi connectivity index (χ3n) is 2.21. The highest BCUT2D eigenvalue weighted by Crippen LogP contribution is 2.36. The van der Waals surface area contributed by atoms with Gasteiger partial charge in [0.25, 0.3) is 6.43 Å². The van der Waals surface area contributed by atoms with Crippen LogP contribution >= 0.6 is 11.6 Å². The van der Waals surface area contributed by atoms with Crippen molar-refractivity contribution in [1.29, 1.82) is 0 Å². The van der Waals surface area contributed by atoms with Crippen molar-refractivity contribution in [1.82, 2.24) is 4.98 Å². The summed E-state index contributed by atoms with van der Waals surface area (Å²) in [5.41, 5.74) is -3.17. The molecule has 3 nitrogen and oxygen atoms in total. The van der Waals surface area contributed by atoms with Crippen molar-refractivity contribution in [3.8, 4) is 0 Å². The average Bonchev–Trinajstić information content (AvgIpc) is 2.29. The molecule has 0 aliphatic heterocycles. The molecule has 1 rings (SSSR count). The van der Waals surface area contributed by atoms with E-state index in [1.807, 2.05) is 0 Å². The second kappa shape index (κ2) is 6.34. The molecular formula is C11H9ClF5NO2. The average molecular weight is 318 g/mol. The summed E-state index contributed by atoms with van der Waals surface area (Å²) in [5.74, 6) is -0.993. The fourth-order valence-electron chi connectivity index (χ4n) is 1.42. The predicted octanol–water partition coefficient (Wildman–Crippen LogP) is 3.80. The summed E-state index contributed by atoms with van der Waals surface area (Å²) in [6.45, 7) is 1.41. The Balaban J connectivity index is 3.29. The van der Waals surface area contributed by atoms with Gasteiger partial charge in [-0.1, -0.05) is 11.6 Å². The molecule has 1 heterocycles. The molecule has 0 saturated carbocycles. The fourth-order valence-corrected chi connectivity index (χ4v) is 1.66. The third-order valence-corrected chi connectivity index (χ3v) is 2.51. The van der Waals surface area contributed by atoms with Crippen LogP contribution in [0.25, 0.3) is 0 Å². The van der Waals surface area contributed by atoms with E-state index >= 15 is 0 Å². The summed E-state index contributed by atoms with van der Waals surface area (Å²) in [5, 5.41) is -0.806. The predicted molar refractivity (Wildman–Crippen MR) is 59.5 cm³/mol. The van der Waals surface area contributed by atoms with Crippen LogP contribution in [-0.4, -0.2) is 17.6 Å². The first-order valence-corrected chi connectivity index (χ1v) is 5.74. The molecule has 0 aromatic carbocycles. The quantitative estimate of drug-likeness (QED) is 0.626. The Kier molecular flexibility index (Phi) is 5.27. The molecule has 0 aliphatic rings. The van der Waals surface area contributed by atoms with Crippen LogP contribution in [0.1, 0.15) is 30.3 Å². The number of aromatic nitrogens is 1. The van der Waals surface area contributed by atoms with E-state index in [9.17, 15) is 26.7 Å². The molecule has 0 N–H and O–H groups in total. The minimum absolute atomic E-state index is 0.0462. The molecule has 0 amide bonds. The van der Waals surface area contributed by atoms with Crippen LogP contribution in [0.15, 0.2) is 6.07 Å². The summed E-state index contributed by atoms with van der Waals surface area (Å²) < 4.78 is 67.9. The smallest absolute Gasteiger partial charge is 0.418 e. The van der Waals surface area contributed by atoms with Crippen LogP contribution < -0.4 is 0 Å². The largest absolute Gasteiger partial charge is 0.466 e. The Morgan fingerprint density at radius 2 is 2.05 bits per heavy atom. The summed E-state index contributed by atoms with van der Waals surface area (Å²) in [7, 11) is 0. The first-order valence-electron chi connectivity index (χ1n) is 5.37. The summed E-state index contributed by atoms with van der Waals surface area (Å²) in [6, 6.07) is 0.338. The maximum Gasteiger partial charge on any atom is 0.418 e. The maximum atomic E-state index is 12.8. The van der Waals surface area contributed by atoms with E-state index in [1.54, 1.807) is 0 Å². The van der Waals surface area contributed by atoms with Crippen molar-refractivity contribution in [2.75, 3.05) is 6.61 Å². The number of halogens is 6. The first kappa shape index (κ1) is 16.6. The highest BCUT2D eigenvalue weighted by atomic mass is 35.5. The van der Waals surface area contributed by atoms with E-state index in [0.29, 0.717) is 6.07 Å². The number of pyridine rings is 1. The van der Waals surface area contributed by atoms with E-state index in [4.69, 9.17) is 11.6 Å². The highest BCUT2D eigenvalue weighted by Gasteiger charge is 2.36. The van der Waals surface area contributed by atoms with Gasteiger partial charge in [-0.15, -0.1) is 0 Å². The SMILES string of the molecule is CCOC(=O)Cc1nc(C(F)F)c(Cl)cc1C(F)(F)F. The minimum Gasteiger partial charge on any atom is -0.466 e. The van der Waals surface area contributed by atoms with Gasteiger partial charge >= 0.3 is 12.1 Å². The van der Waals surface area contributed by atoms with Crippen molar-refractivity contribution in [2.24, 2.45) is 0 Å². The first-order chi connectivity index (χ1) is 9.16. The summed E-state index contributed by atoms with van der Waals surface area (Å²) in [6.07, 6.45) is -8.87. The number of rotatable bonds is 4. The van der Waals surface area contributed by atoms with Crippen LogP contribution in [0.4, 0.5) is 22.0 Å². The molecule has 1 aromatic rings. The lowest BCUT2D eigenvalue weighted by atomic mass is 10.1. The zero-order valence-electron chi connectivity index (χ0n) is 10.1. The van der Waals surface area contributed by atoms with E-state index in [2.05, 4.69) is 9.72 Å². The highest BCUT2D eigenvalue weighted by molar-refractivity contribution is 6.31. The number of esters is 1. The van der Waals surface area contributed by atoms with E-state index < -0.39 is 47.0 Å². The van der Waals surface area contributed by atoms with Crippen molar-refractivity contribution in [3.05, 3.63) is 28.0 Å². The molecule has 1 aromatic heterocycles. The van der Waals surface area contributed by atoms with Crippen LogP contribution in [0, 0.1) is 0 Å². The van der Waals surface area contributed by atoms with Gasteiger partial charge in [0.2, 0.25) is 0 Å². The third kappa shape index (κ3) is 4.03. The summed E-state index contributed by atoms with van der Waals surface area (Å²) in [4.78, 5) is 14.4. The second-order valence-electron chi connectivity index (χ2n) is 3.63. The van der Waals surface area contributed by atoms with Crippen LogP contribution in [-0.2, 0) is 22.1 Å². The molecule has 0 fully saturated rings. The van der Waals surface area contributed by atoms with Gasteiger partial charge in [-0.25, -0.2) is 13.8 Å². The van der Waals surface area contributed by atoms with Gasteiger partial charge in [-0.3, -0.25) is 4.79 Å². The standard InChI is InChI=1S/C11H9ClF5NO2/c1-2-20-8(19)4-7-5(11(15,16)17)3-6(12)9(18-7)10(13)14/h3,10H,2,4H2,1H3. The maximum absolute atomic E-state index is 12.8. The van der Waals surface area contributed by atoms with E-state index in [-0.39, 0.29) is 6.61 Å². The Hall–Kier alpha value is -1.44. The molecule has 0 bridgehead atoms. The van der Waals surface area contributed by atoms with Crippen molar-refractivity contribution in [2.45, 2.75) is 25.9 Å². The zero-order chi connectivity index (χ0) is 15.5. The molecule has 0 radical (unpaired) electrons. The van der Waals surface area contributed by atoms with Crippen molar-refractivity contribution >= 4 is 17.6 Å². The molecule has 0 spiro atoms. The Morgan fingerprint density at radius 3 is 2.50 bits per heavy atom. The topological polar surface area (TPSA) is 39.2 Å². The van der Waals surface area contributed by atoms with Gasteiger partial charge in [0.1, 0.15) is 5.69 Å². The Morgan fingerprint density at radius 1 is 1.45 bits per heavy atom. The molecule has 0 aliphatic carbocycles. The zero-order valence-corrected chi connectivity index (χ0v) is 10.9. The molecule has 112 valence electrons. The molecule has 0 saturated heterocycles. The second-order valence-corrected chi connectivity index (χ2v) is 4.04. The van der Waals surface area contributed by atoms with Gasteiger partial charge in [0, 0.05) is 0 Å². The Bertz CT molecular complexity index is 504. The van der Waals surface area contributed by atoms with E-state index in [0.717, 1.165) is 0 Å². The van der Waals surface area contributed by atoms with Gasteiger partial charge in [0.15, 0.2) is 0 Å². The number of nitrogens with zero attached hydrogens (tertiary/aromatic N) is 1. The number of carbonyl (C=O) groups is 1. The minimum atomic E-state index is -4.86. The Labute approximate surface area is 115 Å². The molecule has 9 heteroatoms. The molecule has 0 atom stereocenters. The number of hydrogen-bond acceptors (Lipinski definition) is 3. The van der Waals surface area contributed by atoms with Crippen molar-refractivity contribution in [3.63, 3.8) is 0 Å². The van der Waals surface area contributed by atoms with Crippen LogP contribution in [0.2, 0.25) is 5.02 Å². The van der Waals surface area contributed by atoms with Gasteiger partial charge in [-0.05, 0) is 13.0 Å². The molecular weight excluding hydrogens is 309 g/mol. The number of hydrogen-bond donors (Lipinski definition) is 0. The van der Waals surface area contributed by atoms with Crippen molar-refractivity contribution < 1.29 is 31.5 Å². The fraction of sp³-hybridized carbons (Fsp3) is 0.455. The molecule has 20 heavy (non-hydrogen) atoms. The normalized spacial score (nSPS) is 11.8. The van der Waals surface area contributed by atoms with Gasteiger partial charge in [-0.2, -0.15) is 13.2 Å². The monoisotopic (exact) mass is 317 g/mol. The van der Waals surface area contributed by atoms with Crippen LogP contribution in [0.5, 0.6) is 0 Å². The number of alkyl halides is 5. The lowest BCUT2D eigenvalue weighted by molar-refractivity contribution is -0.143. The molecule has 0 unspecified atom stereocenters. The summed E-state index contributed by atoms with van der Waals surface area (Å²) >= 11 is 5.34. The number of carbonyl (C=O) groups excluding carboxylic acids is 1. The van der Waals surface area contributed by atoms with Crippen LogP contribution in [0.3, 0.4) is 0 Å². The lowest BCUT2D eigenvalue weighted by Gasteiger charge is -2.14.